The van der Waals surface area contributed by atoms with Crippen LogP contribution in [-0.4, -0.2) is 52.7 Å². The summed E-state index contributed by atoms with van der Waals surface area (Å²) < 4.78 is 40.9. The summed E-state index contributed by atoms with van der Waals surface area (Å²) in [4.78, 5) is 28.4. The van der Waals surface area contributed by atoms with Gasteiger partial charge in [-0.2, -0.15) is 13.2 Å². The fraction of sp³-hybridized carbons (Fsp3) is 0.500. The Morgan fingerprint density at radius 3 is 2.83 bits per heavy atom. The zero-order valence-corrected chi connectivity index (χ0v) is 12.0. The molecule has 1 aliphatic heterocycles. The molecule has 1 amide bonds. The van der Waals surface area contributed by atoms with Gasteiger partial charge in [0.25, 0.3) is 5.91 Å². The van der Waals surface area contributed by atoms with Gasteiger partial charge in [-0.1, -0.05) is 0 Å². The summed E-state index contributed by atoms with van der Waals surface area (Å²) in [6.07, 6.45) is -2.26. The van der Waals surface area contributed by atoms with Crippen molar-refractivity contribution in [2.45, 2.75) is 19.0 Å². The van der Waals surface area contributed by atoms with Gasteiger partial charge in [0.1, 0.15) is 0 Å². The van der Waals surface area contributed by atoms with E-state index in [9.17, 15) is 22.8 Å². The van der Waals surface area contributed by atoms with Gasteiger partial charge < -0.3 is 14.7 Å². The molecule has 1 aromatic heterocycles. The minimum Gasteiger partial charge on any atom is -0.481 e. The van der Waals surface area contributed by atoms with Crippen LogP contribution in [-0.2, 0) is 4.79 Å². The molecule has 0 saturated carbocycles. The molecule has 1 fully saturated rings. The number of likely N-dealkylation sites (tertiary alicyclic amines) is 1. The Labute approximate surface area is 129 Å². The molecule has 1 aromatic rings. The number of carboxylic acid groups (broad SMARTS) is 1. The third-order valence-corrected chi connectivity index (χ3v) is 3.42. The van der Waals surface area contributed by atoms with Gasteiger partial charge in [0, 0.05) is 30.9 Å². The van der Waals surface area contributed by atoms with Crippen molar-refractivity contribution in [1.82, 2.24) is 9.88 Å². The lowest BCUT2D eigenvalue weighted by atomic mass is 9.98. The summed E-state index contributed by atoms with van der Waals surface area (Å²) in [5, 5.41) is 9.02. The minimum atomic E-state index is -4.50. The number of nitrogens with zero attached hydrogens (tertiary/aromatic N) is 2. The maximum Gasteiger partial charge on any atom is 0.422 e. The predicted octanol–water partition coefficient (Wildman–Crippen LogP) is 1.96. The molecule has 0 spiro atoms. The molecule has 2 rings (SSSR count). The molecule has 1 unspecified atom stereocenters. The summed E-state index contributed by atoms with van der Waals surface area (Å²) in [7, 11) is 0. The van der Waals surface area contributed by atoms with E-state index in [4.69, 9.17) is 5.11 Å². The zero-order chi connectivity index (χ0) is 17.0. The van der Waals surface area contributed by atoms with Crippen LogP contribution in [0.2, 0.25) is 0 Å². The third kappa shape index (κ3) is 4.83. The van der Waals surface area contributed by atoms with Gasteiger partial charge in [-0.15, -0.1) is 0 Å². The number of alkyl halides is 3. The minimum absolute atomic E-state index is 0.0786. The number of pyridine rings is 1. The number of amides is 1. The number of aliphatic carboxylic acids is 1. The standard InChI is InChI=1S/C14H15F3N2O4/c15-14(16,17)8-23-11-6-9(3-4-18-11)12(20)19-5-1-2-10(7-19)13(21)22/h3-4,6,10H,1-2,5,7-8H2,(H,21,22). The Balaban J connectivity index is 2.06. The van der Waals surface area contributed by atoms with Crippen molar-refractivity contribution in [1.29, 1.82) is 0 Å². The van der Waals surface area contributed by atoms with E-state index in [1.165, 1.54) is 17.2 Å². The molecule has 9 heteroatoms. The van der Waals surface area contributed by atoms with Crippen LogP contribution in [0.1, 0.15) is 23.2 Å². The van der Waals surface area contributed by atoms with Gasteiger partial charge in [-0.3, -0.25) is 9.59 Å². The molecule has 0 bridgehead atoms. The smallest absolute Gasteiger partial charge is 0.422 e. The van der Waals surface area contributed by atoms with Crippen molar-refractivity contribution >= 4 is 11.9 Å². The molecule has 0 aliphatic carbocycles. The van der Waals surface area contributed by atoms with Gasteiger partial charge in [-0.05, 0) is 18.9 Å². The summed E-state index contributed by atoms with van der Waals surface area (Å²) in [6, 6.07) is 2.48. The second kappa shape index (κ2) is 6.84. The van der Waals surface area contributed by atoms with Crippen molar-refractivity contribution in [2.75, 3.05) is 19.7 Å². The van der Waals surface area contributed by atoms with Crippen molar-refractivity contribution in [2.24, 2.45) is 5.92 Å². The largest absolute Gasteiger partial charge is 0.481 e. The van der Waals surface area contributed by atoms with Crippen LogP contribution in [0.3, 0.4) is 0 Å². The van der Waals surface area contributed by atoms with Crippen molar-refractivity contribution in [3.63, 3.8) is 0 Å². The van der Waals surface area contributed by atoms with E-state index in [1.807, 2.05) is 0 Å². The highest BCUT2D eigenvalue weighted by Gasteiger charge is 2.30. The maximum atomic E-state index is 12.3. The molecule has 0 aromatic carbocycles. The molecule has 1 saturated heterocycles. The molecule has 6 nitrogen and oxygen atoms in total. The molecule has 2 heterocycles. The van der Waals surface area contributed by atoms with E-state index < -0.39 is 30.6 Å². The van der Waals surface area contributed by atoms with Crippen LogP contribution in [0.4, 0.5) is 13.2 Å². The summed E-state index contributed by atoms with van der Waals surface area (Å²) in [5.74, 6) is -2.35. The average molecular weight is 332 g/mol. The Hall–Kier alpha value is -2.32. The summed E-state index contributed by atoms with van der Waals surface area (Å²) in [6.45, 7) is -1.01. The van der Waals surface area contributed by atoms with Gasteiger partial charge in [0.2, 0.25) is 5.88 Å². The van der Waals surface area contributed by atoms with Crippen LogP contribution in [0.15, 0.2) is 18.3 Å². The normalized spacial score (nSPS) is 18.6. The van der Waals surface area contributed by atoms with Crippen LogP contribution < -0.4 is 4.74 Å². The number of hydrogen-bond donors (Lipinski definition) is 1. The SMILES string of the molecule is O=C(O)C1CCCN(C(=O)c2ccnc(OCC(F)(F)F)c2)C1. The van der Waals surface area contributed by atoms with Crippen molar-refractivity contribution in [3.05, 3.63) is 23.9 Å². The molecule has 1 N–H and O–H groups in total. The molecule has 1 atom stereocenters. The van der Waals surface area contributed by atoms with E-state index in [1.54, 1.807) is 0 Å². The number of piperidine rings is 1. The second-order valence-corrected chi connectivity index (χ2v) is 5.22. The van der Waals surface area contributed by atoms with E-state index in [0.29, 0.717) is 19.4 Å². The van der Waals surface area contributed by atoms with Gasteiger partial charge in [-0.25, -0.2) is 4.98 Å². The number of ether oxygens (including phenoxy) is 1. The zero-order valence-electron chi connectivity index (χ0n) is 12.0. The Morgan fingerprint density at radius 1 is 1.43 bits per heavy atom. The molecular formula is C14H15F3N2O4. The van der Waals surface area contributed by atoms with E-state index >= 15 is 0 Å². The number of rotatable bonds is 4. The van der Waals surface area contributed by atoms with Crippen molar-refractivity contribution in [3.8, 4) is 5.88 Å². The first kappa shape index (κ1) is 17.0. The van der Waals surface area contributed by atoms with Gasteiger partial charge >= 0.3 is 12.1 Å². The number of carboxylic acids is 1. The van der Waals surface area contributed by atoms with Crippen LogP contribution >= 0.6 is 0 Å². The Kier molecular flexibility index (Phi) is 5.07. The fourth-order valence-corrected chi connectivity index (χ4v) is 2.32. The topological polar surface area (TPSA) is 79.7 Å². The first-order chi connectivity index (χ1) is 10.8. The quantitative estimate of drug-likeness (QED) is 0.912. The van der Waals surface area contributed by atoms with Crippen LogP contribution in [0, 0.1) is 5.92 Å². The van der Waals surface area contributed by atoms with E-state index in [-0.39, 0.29) is 18.0 Å². The number of hydrogen-bond acceptors (Lipinski definition) is 4. The average Bonchev–Trinajstić information content (AvgIpc) is 2.52. The van der Waals surface area contributed by atoms with Gasteiger partial charge in [0.15, 0.2) is 6.61 Å². The maximum absolute atomic E-state index is 12.3. The highest BCUT2D eigenvalue weighted by molar-refractivity contribution is 5.94. The number of halogens is 3. The molecular weight excluding hydrogens is 317 g/mol. The van der Waals surface area contributed by atoms with Crippen LogP contribution in [0.5, 0.6) is 5.88 Å². The highest BCUT2D eigenvalue weighted by atomic mass is 19.4. The summed E-state index contributed by atoms with van der Waals surface area (Å²) in [5.41, 5.74) is 0.114. The molecule has 126 valence electrons. The van der Waals surface area contributed by atoms with Crippen LogP contribution in [0.25, 0.3) is 0 Å². The van der Waals surface area contributed by atoms with Crippen molar-refractivity contribution < 1.29 is 32.6 Å². The monoisotopic (exact) mass is 332 g/mol. The van der Waals surface area contributed by atoms with E-state index in [0.717, 1.165) is 6.07 Å². The fourth-order valence-electron chi connectivity index (χ4n) is 2.32. The highest BCUT2D eigenvalue weighted by Crippen LogP contribution is 2.21. The Morgan fingerprint density at radius 2 is 2.17 bits per heavy atom. The second-order valence-electron chi connectivity index (χ2n) is 5.22. The predicted molar refractivity (Wildman–Crippen MR) is 72.1 cm³/mol. The molecule has 0 radical (unpaired) electrons. The first-order valence-electron chi connectivity index (χ1n) is 6.94. The van der Waals surface area contributed by atoms with Gasteiger partial charge in [0.05, 0.1) is 5.92 Å². The molecule has 1 aliphatic rings. The number of carbonyl (C=O) groups is 2. The third-order valence-electron chi connectivity index (χ3n) is 3.42. The number of carbonyl (C=O) groups excluding carboxylic acids is 1. The lowest BCUT2D eigenvalue weighted by Gasteiger charge is -2.30. The van der Waals surface area contributed by atoms with E-state index in [2.05, 4.69) is 9.72 Å². The molecule has 23 heavy (non-hydrogen) atoms. The first-order valence-corrected chi connectivity index (χ1v) is 6.94. The Bertz CT molecular complexity index is 592. The summed E-state index contributed by atoms with van der Waals surface area (Å²) >= 11 is 0. The lowest BCUT2D eigenvalue weighted by molar-refractivity contribution is -0.154. The lowest BCUT2D eigenvalue weighted by Crippen LogP contribution is -2.42. The number of aromatic nitrogens is 1.